The topological polar surface area (TPSA) is 84.0 Å². The maximum atomic E-state index is 12.4. The van der Waals surface area contributed by atoms with Gasteiger partial charge in [0.2, 0.25) is 5.91 Å². The zero-order valence-electron chi connectivity index (χ0n) is 13.4. The van der Waals surface area contributed by atoms with Gasteiger partial charge in [0.15, 0.2) is 0 Å². The van der Waals surface area contributed by atoms with Crippen LogP contribution in [0.4, 0.5) is 5.69 Å². The second-order valence-electron chi connectivity index (χ2n) is 5.46. The first-order valence-electron chi connectivity index (χ1n) is 7.52. The highest BCUT2D eigenvalue weighted by Gasteiger charge is 2.22. The van der Waals surface area contributed by atoms with Crippen LogP contribution in [0.2, 0.25) is 0 Å². The Morgan fingerprint density at radius 3 is 2.70 bits per heavy atom. The second kappa shape index (κ2) is 7.82. The normalized spacial score (nSPS) is 10.6. The van der Waals surface area contributed by atoms with Gasteiger partial charge in [-0.05, 0) is 29.6 Å². The Hall–Kier alpha value is -2.28. The molecule has 0 fully saturated rings. The van der Waals surface area contributed by atoms with E-state index in [1.807, 2.05) is 19.9 Å². The lowest BCUT2D eigenvalue weighted by Gasteiger charge is -2.09. The van der Waals surface area contributed by atoms with Crippen molar-refractivity contribution in [2.45, 2.75) is 27.2 Å². The Morgan fingerprint density at radius 2 is 2.09 bits per heavy atom. The fourth-order valence-electron chi connectivity index (χ4n) is 1.84. The van der Waals surface area contributed by atoms with Crippen LogP contribution in [-0.4, -0.2) is 27.7 Å². The number of rotatable bonds is 6. The van der Waals surface area contributed by atoms with E-state index in [0.717, 1.165) is 11.5 Å². The van der Waals surface area contributed by atoms with Crippen LogP contribution in [0.15, 0.2) is 24.4 Å². The molecule has 2 N–H and O–H groups in total. The molecule has 2 aromatic heterocycles. The Balaban J connectivity index is 2.37. The number of nitrogens with one attached hydrogen (secondary N) is 2. The SMILES string of the molecule is CCC(=O)Nc1c(-c2ccccn2)nsc1C(=O)NCC(C)C. The van der Waals surface area contributed by atoms with Gasteiger partial charge in [0.05, 0.1) is 11.4 Å². The fraction of sp³-hybridized carbons (Fsp3) is 0.375. The Bertz CT molecular complexity index is 683. The highest BCUT2D eigenvalue weighted by molar-refractivity contribution is 7.09. The van der Waals surface area contributed by atoms with E-state index in [0.29, 0.717) is 40.8 Å². The number of pyridine rings is 1. The number of carbonyl (C=O) groups is 2. The van der Waals surface area contributed by atoms with Gasteiger partial charge in [-0.3, -0.25) is 14.6 Å². The molecule has 6 nitrogen and oxygen atoms in total. The van der Waals surface area contributed by atoms with Gasteiger partial charge in [-0.2, -0.15) is 4.37 Å². The van der Waals surface area contributed by atoms with Crippen LogP contribution in [0.1, 0.15) is 36.9 Å². The molecule has 0 aliphatic heterocycles. The first-order chi connectivity index (χ1) is 11.0. The van der Waals surface area contributed by atoms with Gasteiger partial charge in [-0.25, -0.2) is 0 Å². The summed E-state index contributed by atoms with van der Waals surface area (Å²) < 4.78 is 4.33. The minimum atomic E-state index is -0.232. The lowest BCUT2D eigenvalue weighted by Crippen LogP contribution is -2.27. The van der Waals surface area contributed by atoms with Gasteiger partial charge >= 0.3 is 0 Å². The third-order valence-corrected chi connectivity index (χ3v) is 3.91. The van der Waals surface area contributed by atoms with Crippen LogP contribution in [0.5, 0.6) is 0 Å². The molecule has 7 heteroatoms. The predicted octanol–water partition coefficient (Wildman–Crippen LogP) is 2.94. The summed E-state index contributed by atoms with van der Waals surface area (Å²) >= 11 is 1.07. The quantitative estimate of drug-likeness (QED) is 0.852. The van der Waals surface area contributed by atoms with Gasteiger partial charge in [0, 0.05) is 19.2 Å². The Morgan fingerprint density at radius 1 is 1.30 bits per heavy atom. The Labute approximate surface area is 139 Å². The zero-order chi connectivity index (χ0) is 16.8. The molecule has 2 aromatic rings. The zero-order valence-corrected chi connectivity index (χ0v) is 14.2. The van der Waals surface area contributed by atoms with E-state index in [1.165, 1.54) is 0 Å². The monoisotopic (exact) mass is 332 g/mol. The van der Waals surface area contributed by atoms with Crippen molar-refractivity contribution >= 4 is 29.0 Å². The molecular formula is C16H20N4O2S. The molecular weight excluding hydrogens is 312 g/mol. The summed E-state index contributed by atoms with van der Waals surface area (Å²) in [6.45, 7) is 6.36. The molecule has 0 unspecified atom stereocenters. The lowest BCUT2D eigenvalue weighted by molar-refractivity contribution is -0.115. The number of nitrogens with zero attached hydrogens (tertiary/aromatic N) is 2. The molecule has 0 spiro atoms. The molecule has 0 aromatic carbocycles. The van der Waals surface area contributed by atoms with E-state index >= 15 is 0 Å². The molecule has 0 atom stereocenters. The molecule has 2 amide bonds. The molecule has 0 saturated heterocycles. The van der Waals surface area contributed by atoms with Gasteiger partial charge in [-0.1, -0.05) is 26.8 Å². The highest BCUT2D eigenvalue weighted by Crippen LogP contribution is 2.32. The first kappa shape index (κ1) is 17.1. The van der Waals surface area contributed by atoms with Crippen molar-refractivity contribution in [3.63, 3.8) is 0 Å². The molecule has 23 heavy (non-hydrogen) atoms. The third kappa shape index (κ3) is 4.35. The summed E-state index contributed by atoms with van der Waals surface area (Å²) in [7, 11) is 0. The smallest absolute Gasteiger partial charge is 0.265 e. The summed E-state index contributed by atoms with van der Waals surface area (Å²) in [5.74, 6) is -0.0547. The largest absolute Gasteiger partial charge is 0.351 e. The van der Waals surface area contributed by atoms with Crippen LogP contribution in [0, 0.1) is 5.92 Å². The van der Waals surface area contributed by atoms with E-state index in [4.69, 9.17) is 0 Å². The maximum Gasteiger partial charge on any atom is 0.265 e. The number of carbonyl (C=O) groups excluding carboxylic acids is 2. The van der Waals surface area contributed by atoms with E-state index in [2.05, 4.69) is 20.0 Å². The third-order valence-electron chi connectivity index (χ3n) is 3.06. The molecule has 122 valence electrons. The van der Waals surface area contributed by atoms with E-state index in [-0.39, 0.29) is 11.8 Å². The van der Waals surface area contributed by atoms with Crippen LogP contribution in [0.3, 0.4) is 0 Å². The number of aromatic nitrogens is 2. The predicted molar refractivity (Wildman–Crippen MR) is 91.4 cm³/mol. The Kier molecular flexibility index (Phi) is 5.81. The molecule has 0 aliphatic rings. The second-order valence-corrected chi connectivity index (χ2v) is 6.23. The van der Waals surface area contributed by atoms with Gasteiger partial charge in [-0.15, -0.1) is 0 Å². The lowest BCUT2D eigenvalue weighted by atomic mass is 10.2. The molecule has 2 rings (SSSR count). The van der Waals surface area contributed by atoms with Crippen molar-refractivity contribution in [2.24, 2.45) is 5.92 Å². The average Bonchev–Trinajstić information content (AvgIpc) is 2.96. The number of anilines is 1. The van der Waals surface area contributed by atoms with Crippen molar-refractivity contribution in [1.82, 2.24) is 14.7 Å². The summed E-state index contributed by atoms with van der Waals surface area (Å²) in [6.07, 6.45) is 1.98. The van der Waals surface area contributed by atoms with Crippen LogP contribution < -0.4 is 10.6 Å². The fourth-order valence-corrected chi connectivity index (χ4v) is 2.61. The molecule has 0 bridgehead atoms. The maximum absolute atomic E-state index is 12.4. The number of amides is 2. The van der Waals surface area contributed by atoms with Crippen molar-refractivity contribution < 1.29 is 9.59 Å². The van der Waals surface area contributed by atoms with Gasteiger partial charge in [0.1, 0.15) is 10.6 Å². The molecule has 2 heterocycles. The summed E-state index contributed by atoms with van der Waals surface area (Å²) in [6, 6.07) is 5.44. The minimum Gasteiger partial charge on any atom is -0.351 e. The minimum absolute atomic E-state index is 0.166. The number of hydrogen-bond donors (Lipinski definition) is 2. The summed E-state index contributed by atoms with van der Waals surface area (Å²) in [5.41, 5.74) is 1.58. The number of hydrogen-bond acceptors (Lipinski definition) is 5. The van der Waals surface area contributed by atoms with Crippen LogP contribution >= 0.6 is 11.5 Å². The van der Waals surface area contributed by atoms with Gasteiger partial charge in [0.25, 0.3) is 5.91 Å². The summed E-state index contributed by atoms with van der Waals surface area (Å²) in [4.78, 5) is 28.8. The van der Waals surface area contributed by atoms with Gasteiger partial charge < -0.3 is 10.6 Å². The first-order valence-corrected chi connectivity index (χ1v) is 8.29. The molecule has 0 radical (unpaired) electrons. The summed E-state index contributed by atoms with van der Waals surface area (Å²) in [5, 5.41) is 5.64. The van der Waals surface area contributed by atoms with E-state index in [9.17, 15) is 9.59 Å². The highest BCUT2D eigenvalue weighted by atomic mass is 32.1. The van der Waals surface area contributed by atoms with Crippen LogP contribution in [-0.2, 0) is 4.79 Å². The van der Waals surface area contributed by atoms with Crippen LogP contribution in [0.25, 0.3) is 11.4 Å². The standard InChI is InChI=1S/C16H20N4O2S/c1-4-12(21)19-14-13(11-7-5-6-8-17-11)20-23-15(14)16(22)18-9-10(2)3/h5-8,10H,4,9H2,1-3H3,(H,18,22)(H,19,21). The van der Waals surface area contributed by atoms with E-state index < -0.39 is 0 Å². The average molecular weight is 332 g/mol. The molecule has 0 aliphatic carbocycles. The molecule has 0 saturated carbocycles. The van der Waals surface area contributed by atoms with Crippen molar-refractivity contribution in [3.8, 4) is 11.4 Å². The van der Waals surface area contributed by atoms with Crippen molar-refractivity contribution in [2.75, 3.05) is 11.9 Å². The van der Waals surface area contributed by atoms with E-state index in [1.54, 1.807) is 25.3 Å². The van der Waals surface area contributed by atoms with Crippen molar-refractivity contribution in [1.29, 1.82) is 0 Å². The van der Waals surface area contributed by atoms with Crippen molar-refractivity contribution in [3.05, 3.63) is 29.3 Å².